The van der Waals surface area contributed by atoms with Gasteiger partial charge in [0.05, 0.1) is 6.42 Å². The van der Waals surface area contributed by atoms with E-state index < -0.39 is 0 Å². The number of piperazine rings is 1. The summed E-state index contributed by atoms with van der Waals surface area (Å²) in [5, 5.41) is 3.32. The molecule has 0 bridgehead atoms. The lowest BCUT2D eigenvalue weighted by Gasteiger charge is -2.32. The highest BCUT2D eigenvalue weighted by Gasteiger charge is 2.20. The number of hydrogen-bond donors (Lipinski definition) is 1. The van der Waals surface area contributed by atoms with Gasteiger partial charge in [-0.05, 0) is 18.6 Å². The summed E-state index contributed by atoms with van der Waals surface area (Å²) in [6, 6.07) is 4.20. The van der Waals surface area contributed by atoms with Gasteiger partial charge < -0.3 is 10.2 Å². The summed E-state index contributed by atoms with van der Waals surface area (Å²) in [6.45, 7) is 4.60. The number of pyridine rings is 1. The normalized spacial score (nSPS) is 20.8. The lowest BCUT2D eigenvalue weighted by atomic mass is 10.1. The molecule has 4 heteroatoms. The Morgan fingerprint density at radius 3 is 3.25 bits per heavy atom. The van der Waals surface area contributed by atoms with E-state index in [9.17, 15) is 4.79 Å². The van der Waals surface area contributed by atoms with Gasteiger partial charge in [0.2, 0.25) is 5.91 Å². The molecule has 1 fully saturated rings. The van der Waals surface area contributed by atoms with Crippen molar-refractivity contribution in [1.29, 1.82) is 0 Å². The molecule has 1 aromatic rings. The second-order valence-corrected chi connectivity index (χ2v) is 4.23. The van der Waals surface area contributed by atoms with Crippen LogP contribution < -0.4 is 5.32 Å². The quantitative estimate of drug-likeness (QED) is 0.785. The SMILES string of the molecule is C[C@H]1CN(C(=O)Cc2cccnc2)CCN1. The topological polar surface area (TPSA) is 45.2 Å². The summed E-state index contributed by atoms with van der Waals surface area (Å²) in [5.41, 5.74) is 0.985. The number of hydrogen-bond acceptors (Lipinski definition) is 3. The predicted octanol–water partition coefficient (Wildman–Crippen LogP) is 0.444. The van der Waals surface area contributed by atoms with Gasteiger partial charge in [0.15, 0.2) is 0 Å². The standard InChI is InChI=1S/C12H17N3O/c1-10-9-15(6-5-14-10)12(16)7-11-3-2-4-13-8-11/h2-4,8,10,14H,5-7,9H2,1H3/t10-/m0/s1. The average molecular weight is 219 g/mol. The van der Waals surface area contributed by atoms with Gasteiger partial charge in [-0.1, -0.05) is 6.07 Å². The molecule has 0 aromatic carbocycles. The zero-order valence-corrected chi connectivity index (χ0v) is 9.52. The average Bonchev–Trinajstić information content (AvgIpc) is 2.30. The molecule has 4 nitrogen and oxygen atoms in total. The molecule has 2 heterocycles. The molecule has 86 valence electrons. The fourth-order valence-electron chi connectivity index (χ4n) is 1.95. The second-order valence-electron chi connectivity index (χ2n) is 4.23. The minimum atomic E-state index is 0.196. The molecule has 1 aliphatic rings. The predicted molar refractivity (Wildman–Crippen MR) is 62.0 cm³/mol. The molecule has 1 N–H and O–H groups in total. The molecule has 0 saturated carbocycles. The Kier molecular flexibility index (Phi) is 3.51. The maximum atomic E-state index is 12.0. The van der Waals surface area contributed by atoms with E-state index in [1.165, 1.54) is 0 Å². The van der Waals surface area contributed by atoms with E-state index in [0.717, 1.165) is 25.2 Å². The van der Waals surface area contributed by atoms with Crippen molar-refractivity contribution in [3.8, 4) is 0 Å². The van der Waals surface area contributed by atoms with Crippen LogP contribution in [-0.2, 0) is 11.2 Å². The molecule has 0 aliphatic carbocycles. The van der Waals surface area contributed by atoms with Crippen LogP contribution in [-0.4, -0.2) is 41.5 Å². The molecule has 0 radical (unpaired) electrons. The van der Waals surface area contributed by atoms with Crippen LogP contribution in [0.25, 0.3) is 0 Å². The summed E-state index contributed by atoms with van der Waals surface area (Å²) >= 11 is 0. The van der Waals surface area contributed by atoms with Gasteiger partial charge in [-0.2, -0.15) is 0 Å². The first-order valence-electron chi connectivity index (χ1n) is 5.66. The first kappa shape index (κ1) is 11.1. The van der Waals surface area contributed by atoms with Crippen LogP contribution in [0.3, 0.4) is 0 Å². The molecule has 16 heavy (non-hydrogen) atoms. The molecule has 0 spiro atoms. The van der Waals surface area contributed by atoms with Crippen LogP contribution in [0.1, 0.15) is 12.5 Å². The summed E-state index contributed by atoms with van der Waals surface area (Å²) in [7, 11) is 0. The monoisotopic (exact) mass is 219 g/mol. The third kappa shape index (κ3) is 2.79. The Morgan fingerprint density at radius 1 is 1.69 bits per heavy atom. The van der Waals surface area contributed by atoms with Crippen LogP contribution in [0.4, 0.5) is 0 Å². The van der Waals surface area contributed by atoms with Crippen molar-refractivity contribution in [3.63, 3.8) is 0 Å². The second kappa shape index (κ2) is 5.07. The Balaban J connectivity index is 1.93. The lowest BCUT2D eigenvalue weighted by Crippen LogP contribution is -2.51. The first-order chi connectivity index (χ1) is 7.75. The maximum Gasteiger partial charge on any atom is 0.227 e. The van der Waals surface area contributed by atoms with Gasteiger partial charge in [0.25, 0.3) is 0 Å². The maximum absolute atomic E-state index is 12.0. The zero-order chi connectivity index (χ0) is 11.4. The van der Waals surface area contributed by atoms with Crippen molar-refractivity contribution >= 4 is 5.91 Å². The molecular weight excluding hydrogens is 202 g/mol. The number of amides is 1. The smallest absolute Gasteiger partial charge is 0.227 e. The van der Waals surface area contributed by atoms with Crippen LogP contribution in [0.15, 0.2) is 24.5 Å². The fourth-order valence-corrected chi connectivity index (χ4v) is 1.95. The Morgan fingerprint density at radius 2 is 2.56 bits per heavy atom. The van der Waals surface area contributed by atoms with E-state index in [2.05, 4.69) is 17.2 Å². The largest absolute Gasteiger partial charge is 0.340 e. The number of nitrogens with one attached hydrogen (secondary N) is 1. The van der Waals surface area contributed by atoms with Crippen molar-refractivity contribution in [3.05, 3.63) is 30.1 Å². The van der Waals surface area contributed by atoms with Gasteiger partial charge in [-0.25, -0.2) is 0 Å². The van der Waals surface area contributed by atoms with Gasteiger partial charge >= 0.3 is 0 Å². The number of carbonyl (C=O) groups is 1. The number of nitrogens with zero attached hydrogens (tertiary/aromatic N) is 2. The van der Waals surface area contributed by atoms with E-state index >= 15 is 0 Å². The third-order valence-electron chi connectivity index (χ3n) is 2.80. The van der Waals surface area contributed by atoms with Gasteiger partial charge in [0, 0.05) is 38.1 Å². The van der Waals surface area contributed by atoms with Crippen LogP contribution in [0.5, 0.6) is 0 Å². The van der Waals surface area contributed by atoms with Crippen molar-refractivity contribution in [2.45, 2.75) is 19.4 Å². The minimum Gasteiger partial charge on any atom is -0.340 e. The highest BCUT2D eigenvalue weighted by molar-refractivity contribution is 5.78. The third-order valence-corrected chi connectivity index (χ3v) is 2.80. The van der Waals surface area contributed by atoms with Crippen LogP contribution in [0.2, 0.25) is 0 Å². The molecule has 1 aliphatic heterocycles. The Hall–Kier alpha value is -1.42. The van der Waals surface area contributed by atoms with Crippen molar-refractivity contribution in [2.75, 3.05) is 19.6 Å². The molecule has 1 amide bonds. The van der Waals surface area contributed by atoms with E-state index in [4.69, 9.17) is 0 Å². The van der Waals surface area contributed by atoms with Crippen molar-refractivity contribution in [1.82, 2.24) is 15.2 Å². The van der Waals surface area contributed by atoms with Gasteiger partial charge in [-0.3, -0.25) is 9.78 Å². The minimum absolute atomic E-state index is 0.196. The van der Waals surface area contributed by atoms with Crippen molar-refractivity contribution in [2.24, 2.45) is 0 Å². The number of carbonyl (C=O) groups excluding carboxylic acids is 1. The van der Waals surface area contributed by atoms with E-state index in [1.807, 2.05) is 17.0 Å². The fraction of sp³-hybridized carbons (Fsp3) is 0.500. The van der Waals surface area contributed by atoms with Crippen LogP contribution in [0, 0.1) is 0 Å². The highest BCUT2D eigenvalue weighted by atomic mass is 16.2. The number of aromatic nitrogens is 1. The summed E-state index contributed by atoms with van der Waals surface area (Å²) < 4.78 is 0. The number of rotatable bonds is 2. The summed E-state index contributed by atoms with van der Waals surface area (Å²) in [6.07, 6.45) is 3.94. The summed E-state index contributed by atoms with van der Waals surface area (Å²) in [5.74, 6) is 0.196. The van der Waals surface area contributed by atoms with Crippen LogP contribution >= 0.6 is 0 Å². The summed E-state index contributed by atoms with van der Waals surface area (Å²) in [4.78, 5) is 17.9. The Bertz CT molecular complexity index is 353. The van der Waals surface area contributed by atoms with E-state index in [1.54, 1.807) is 12.4 Å². The Labute approximate surface area is 95.7 Å². The molecule has 0 unspecified atom stereocenters. The van der Waals surface area contributed by atoms with Gasteiger partial charge in [0.1, 0.15) is 0 Å². The van der Waals surface area contributed by atoms with E-state index in [0.29, 0.717) is 12.5 Å². The van der Waals surface area contributed by atoms with E-state index in [-0.39, 0.29) is 5.91 Å². The molecule has 1 atom stereocenters. The van der Waals surface area contributed by atoms with Crippen molar-refractivity contribution < 1.29 is 4.79 Å². The van der Waals surface area contributed by atoms with Gasteiger partial charge in [-0.15, -0.1) is 0 Å². The zero-order valence-electron chi connectivity index (χ0n) is 9.52. The molecule has 2 rings (SSSR count). The molecule has 1 aromatic heterocycles. The highest BCUT2D eigenvalue weighted by Crippen LogP contribution is 2.04. The first-order valence-corrected chi connectivity index (χ1v) is 5.66. The molecular formula is C12H17N3O. The lowest BCUT2D eigenvalue weighted by molar-refractivity contribution is -0.131. The molecule has 1 saturated heterocycles.